The minimum Gasteiger partial charge on any atom is -0.465 e. The van der Waals surface area contributed by atoms with Crippen LogP contribution in [0.3, 0.4) is 0 Å². The highest BCUT2D eigenvalue weighted by atomic mass is 16.5. The topological polar surface area (TPSA) is 75.7 Å². The number of nitrogens with zero attached hydrogens (tertiary/aromatic N) is 1. The Kier molecular flexibility index (Phi) is 6.65. The number of anilines is 1. The lowest BCUT2D eigenvalue weighted by molar-refractivity contribution is 0.0599. The number of rotatable bonds is 5. The van der Waals surface area contributed by atoms with Gasteiger partial charge in [0.1, 0.15) is 0 Å². The van der Waals surface area contributed by atoms with Crippen LogP contribution in [-0.2, 0) is 4.74 Å². The first-order valence-corrected chi connectivity index (χ1v) is 9.86. The normalized spacial score (nSPS) is 14.1. The van der Waals surface area contributed by atoms with E-state index in [4.69, 9.17) is 0 Å². The molecule has 0 aromatic heterocycles. The molecule has 6 nitrogen and oxygen atoms in total. The highest BCUT2D eigenvalue weighted by Crippen LogP contribution is 2.23. The summed E-state index contributed by atoms with van der Waals surface area (Å²) in [6, 6.07) is 13.5. The zero-order chi connectivity index (χ0) is 20.8. The van der Waals surface area contributed by atoms with Crippen LogP contribution in [0.15, 0.2) is 48.5 Å². The molecule has 2 amide bonds. The zero-order valence-electron chi connectivity index (χ0n) is 16.8. The summed E-state index contributed by atoms with van der Waals surface area (Å²) in [6.45, 7) is 0. The Hall–Kier alpha value is -3.15. The average Bonchev–Trinajstić information content (AvgIpc) is 2.78. The summed E-state index contributed by atoms with van der Waals surface area (Å²) in [5, 5.41) is 2.80. The lowest BCUT2D eigenvalue weighted by Crippen LogP contribution is -2.38. The number of methoxy groups -OCH3 is 1. The second-order valence-electron chi connectivity index (χ2n) is 7.31. The van der Waals surface area contributed by atoms with Crippen LogP contribution in [0.5, 0.6) is 0 Å². The lowest BCUT2D eigenvalue weighted by atomic mass is 9.94. The molecule has 0 saturated heterocycles. The van der Waals surface area contributed by atoms with Crippen LogP contribution in [-0.4, -0.2) is 42.9 Å². The highest BCUT2D eigenvalue weighted by molar-refractivity contribution is 6.05. The lowest BCUT2D eigenvalue weighted by Gasteiger charge is -2.31. The molecule has 1 aliphatic rings. The Morgan fingerprint density at radius 1 is 0.862 bits per heavy atom. The standard InChI is InChI=1S/C23H26N2O4/c1-25(20-6-4-3-5-7-20)22(27)17-12-14-19(15-13-17)24-21(26)16-8-10-18(11-9-16)23(28)29-2/h8-15,20H,3-7H2,1-2H3,(H,24,26). The molecule has 3 rings (SSSR count). The van der Waals surface area contributed by atoms with Crippen LogP contribution in [0.4, 0.5) is 5.69 Å². The molecule has 0 atom stereocenters. The predicted octanol–water partition coefficient (Wildman–Crippen LogP) is 4.13. The molecule has 0 unspecified atom stereocenters. The monoisotopic (exact) mass is 394 g/mol. The average molecular weight is 394 g/mol. The number of hydrogen-bond acceptors (Lipinski definition) is 4. The third-order valence-corrected chi connectivity index (χ3v) is 5.40. The molecule has 0 aliphatic heterocycles. The van der Waals surface area contributed by atoms with Crippen molar-refractivity contribution in [2.75, 3.05) is 19.5 Å². The van der Waals surface area contributed by atoms with Crippen molar-refractivity contribution in [1.82, 2.24) is 4.90 Å². The van der Waals surface area contributed by atoms with E-state index in [2.05, 4.69) is 10.1 Å². The minimum atomic E-state index is -0.449. The fraction of sp³-hybridized carbons (Fsp3) is 0.348. The molecule has 152 valence electrons. The van der Waals surface area contributed by atoms with Crippen LogP contribution >= 0.6 is 0 Å². The summed E-state index contributed by atoms with van der Waals surface area (Å²) in [5.74, 6) is -0.733. The van der Waals surface area contributed by atoms with Crippen molar-refractivity contribution in [2.45, 2.75) is 38.1 Å². The number of benzene rings is 2. The summed E-state index contributed by atoms with van der Waals surface area (Å²) in [7, 11) is 3.18. The van der Waals surface area contributed by atoms with Crippen LogP contribution in [0.2, 0.25) is 0 Å². The van der Waals surface area contributed by atoms with Crippen molar-refractivity contribution in [1.29, 1.82) is 0 Å². The van der Waals surface area contributed by atoms with E-state index in [0.717, 1.165) is 12.8 Å². The first-order chi connectivity index (χ1) is 14.0. The SMILES string of the molecule is COC(=O)c1ccc(C(=O)Nc2ccc(C(=O)N(C)C3CCCCC3)cc2)cc1. The van der Waals surface area contributed by atoms with Crippen molar-refractivity contribution in [3.05, 3.63) is 65.2 Å². The van der Waals surface area contributed by atoms with E-state index in [0.29, 0.717) is 28.4 Å². The first-order valence-electron chi connectivity index (χ1n) is 9.86. The van der Waals surface area contributed by atoms with Crippen molar-refractivity contribution >= 4 is 23.5 Å². The number of ether oxygens (including phenoxy) is 1. The number of carbonyl (C=O) groups is 3. The molecule has 0 bridgehead atoms. The molecule has 29 heavy (non-hydrogen) atoms. The number of carbonyl (C=O) groups excluding carboxylic acids is 3. The van der Waals surface area contributed by atoms with Gasteiger partial charge in [-0.05, 0) is 61.4 Å². The van der Waals surface area contributed by atoms with Gasteiger partial charge in [-0.15, -0.1) is 0 Å². The maximum Gasteiger partial charge on any atom is 0.337 e. The molecule has 6 heteroatoms. The largest absolute Gasteiger partial charge is 0.465 e. The van der Waals surface area contributed by atoms with Gasteiger partial charge >= 0.3 is 5.97 Å². The van der Waals surface area contributed by atoms with E-state index in [1.54, 1.807) is 48.5 Å². The Morgan fingerprint density at radius 3 is 2.00 bits per heavy atom. The van der Waals surface area contributed by atoms with E-state index in [1.807, 2.05) is 11.9 Å². The maximum atomic E-state index is 12.7. The van der Waals surface area contributed by atoms with Gasteiger partial charge in [-0.2, -0.15) is 0 Å². The summed E-state index contributed by atoms with van der Waals surface area (Å²) >= 11 is 0. The molecule has 1 saturated carbocycles. The Labute approximate surface area is 170 Å². The van der Waals surface area contributed by atoms with Gasteiger partial charge in [-0.3, -0.25) is 9.59 Å². The van der Waals surface area contributed by atoms with E-state index in [9.17, 15) is 14.4 Å². The zero-order valence-corrected chi connectivity index (χ0v) is 16.8. The van der Waals surface area contributed by atoms with Gasteiger partial charge in [-0.1, -0.05) is 19.3 Å². The smallest absolute Gasteiger partial charge is 0.337 e. The fourth-order valence-corrected chi connectivity index (χ4v) is 3.61. The Morgan fingerprint density at radius 2 is 1.41 bits per heavy atom. The van der Waals surface area contributed by atoms with Crippen LogP contribution in [0.1, 0.15) is 63.2 Å². The number of esters is 1. The van der Waals surface area contributed by atoms with Crippen molar-refractivity contribution < 1.29 is 19.1 Å². The van der Waals surface area contributed by atoms with E-state index >= 15 is 0 Å². The molecular formula is C23H26N2O4. The fourth-order valence-electron chi connectivity index (χ4n) is 3.61. The number of hydrogen-bond donors (Lipinski definition) is 1. The van der Waals surface area contributed by atoms with Crippen LogP contribution < -0.4 is 5.32 Å². The number of amides is 2. The van der Waals surface area contributed by atoms with Gasteiger partial charge < -0.3 is 15.0 Å². The van der Waals surface area contributed by atoms with Gasteiger partial charge in [-0.25, -0.2) is 4.79 Å². The van der Waals surface area contributed by atoms with E-state index in [-0.39, 0.29) is 11.8 Å². The van der Waals surface area contributed by atoms with Gasteiger partial charge in [0, 0.05) is 29.9 Å². The van der Waals surface area contributed by atoms with Crippen molar-refractivity contribution in [3.63, 3.8) is 0 Å². The Bertz CT molecular complexity index is 869. The first kappa shape index (κ1) is 20.6. The highest BCUT2D eigenvalue weighted by Gasteiger charge is 2.23. The molecule has 1 N–H and O–H groups in total. The summed E-state index contributed by atoms with van der Waals surface area (Å²) in [6.07, 6.45) is 5.72. The van der Waals surface area contributed by atoms with Gasteiger partial charge in [0.05, 0.1) is 12.7 Å². The molecule has 1 aliphatic carbocycles. The minimum absolute atomic E-state index is 0.00757. The van der Waals surface area contributed by atoms with Gasteiger partial charge in [0.2, 0.25) is 0 Å². The molecular weight excluding hydrogens is 368 g/mol. The summed E-state index contributed by atoms with van der Waals surface area (Å²) in [4.78, 5) is 38.4. The maximum absolute atomic E-state index is 12.7. The molecule has 2 aromatic carbocycles. The second-order valence-corrected chi connectivity index (χ2v) is 7.31. The molecule has 0 heterocycles. The van der Waals surface area contributed by atoms with Crippen molar-refractivity contribution in [2.24, 2.45) is 0 Å². The Balaban J connectivity index is 1.61. The van der Waals surface area contributed by atoms with E-state index in [1.165, 1.54) is 26.4 Å². The van der Waals surface area contributed by atoms with Crippen LogP contribution in [0.25, 0.3) is 0 Å². The molecule has 0 radical (unpaired) electrons. The summed E-state index contributed by atoms with van der Waals surface area (Å²) < 4.78 is 4.65. The van der Waals surface area contributed by atoms with Crippen molar-refractivity contribution in [3.8, 4) is 0 Å². The molecule has 2 aromatic rings. The third-order valence-electron chi connectivity index (χ3n) is 5.40. The van der Waals surface area contributed by atoms with Gasteiger partial charge in [0.25, 0.3) is 11.8 Å². The van der Waals surface area contributed by atoms with E-state index < -0.39 is 5.97 Å². The molecule has 0 spiro atoms. The number of nitrogens with one attached hydrogen (secondary N) is 1. The quantitative estimate of drug-likeness (QED) is 0.774. The molecule has 1 fully saturated rings. The predicted molar refractivity (Wildman–Crippen MR) is 111 cm³/mol. The second kappa shape index (κ2) is 9.37. The van der Waals surface area contributed by atoms with Gasteiger partial charge in [0.15, 0.2) is 0 Å². The summed E-state index contributed by atoms with van der Waals surface area (Å²) in [5.41, 5.74) is 2.02. The van der Waals surface area contributed by atoms with Crippen LogP contribution in [0, 0.1) is 0 Å². The third kappa shape index (κ3) is 5.02.